The highest BCUT2D eigenvalue weighted by Gasteiger charge is 2.26. The Bertz CT molecular complexity index is 846. The third-order valence-electron chi connectivity index (χ3n) is 4.10. The highest BCUT2D eigenvalue weighted by Crippen LogP contribution is 2.40. The molecule has 6 heteroatoms. The van der Waals surface area contributed by atoms with E-state index in [0.717, 1.165) is 21.9 Å². The average molecular weight is 368 g/mol. The van der Waals surface area contributed by atoms with Crippen molar-refractivity contribution in [2.75, 3.05) is 25.6 Å². The average Bonchev–Trinajstić information content (AvgIpc) is 2.66. The molecule has 1 heterocycles. The zero-order chi connectivity index (χ0) is 18.5. The van der Waals surface area contributed by atoms with Crippen molar-refractivity contribution in [1.82, 2.24) is 5.32 Å². The van der Waals surface area contributed by atoms with Gasteiger partial charge in [-0.25, -0.2) is 0 Å². The van der Waals surface area contributed by atoms with E-state index in [1.165, 1.54) is 17.8 Å². The van der Waals surface area contributed by atoms with Crippen LogP contribution in [0.25, 0.3) is 0 Å². The van der Waals surface area contributed by atoms with Crippen molar-refractivity contribution >= 4 is 29.3 Å². The number of carbonyl (C=O) groups excluding carboxylic acids is 2. The van der Waals surface area contributed by atoms with Crippen molar-refractivity contribution in [2.24, 2.45) is 0 Å². The molecule has 1 aliphatic heterocycles. The molecular weight excluding hydrogens is 348 g/mol. The molecule has 0 unspecified atom stereocenters. The van der Waals surface area contributed by atoms with Crippen LogP contribution in [0.5, 0.6) is 5.75 Å². The van der Waals surface area contributed by atoms with Gasteiger partial charge in [0.1, 0.15) is 5.75 Å². The van der Waals surface area contributed by atoms with Crippen molar-refractivity contribution in [2.45, 2.75) is 11.3 Å². The minimum atomic E-state index is -0.262. The number of amides is 2. The van der Waals surface area contributed by atoms with Gasteiger partial charge in [-0.2, -0.15) is 0 Å². The predicted octanol–water partition coefficient (Wildman–Crippen LogP) is 3.01. The van der Waals surface area contributed by atoms with Crippen molar-refractivity contribution in [3.05, 3.63) is 65.1 Å². The first-order valence-electron chi connectivity index (χ1n) is 8.26. The van der Waals surface area contributed by atoms with Crippen molar-refractivity contribution in [1.29, 1.82) is 0 Å². The summed E-state index contributed by atoms with van der Waals surface area (Å²) in [5.41, 5.74) is 1.97. The lowest BCUT2D eigenvalue weighted by molar-refractivity contribution is -0.117. The van der Waals surface area contributed by atoms with E-state index < -0.39 is 0 Å². The normalized spacial score (nSPS) is 14.9. The Morgan fingerprint density at radius 1 is 1.19 bits per heavy atom. The fourth-order valence-electron chi connectivity index (χ4n) is 2.64. The third kappa shape index (κ3) is 4.08. The fourth-order valence-corrected chi connectivity index (χ4v) is 3.72. The number of likely N-dealkylation sites (N-methyl/N-ethyl adjacent to an activating group) is 1. The molecule has 5 nitrogen and oxygen atoms in total. The number of thioether (sulfide) groups is 1. The quantitative estimate of drug-likeness (QED) is 0.825. The van der Waals surface area contributed by atoms with Crippen molar-refractivity contribution in [3.63, 3.8) is 0 Å². The fraction of sp³-hybridized carbons (Fsp3) is 0.200. The maximum atomic E-state index is 12.4. The van der Waals surface area contributed by atoms with Crippen LogP contribution < -0.4 is 15.0 Å². The van der Waals surface area contributed by atoms with Gasteiger partial charge in [0, 0.05) is 24.6 Å². The topological polar surface area (TPSA) is 58.6 Å². The van der Waals surface area contributed by atoms with Crippen LogP contribution in [0.1, 0.15) is 5.56 Å². The predicted molar refractivity (Wildman–Crippen MR) is 103 cm³/mol. The van der Waals surface area contributed by atoms with E-state index in [1.54, 1.807) is 19.1 Å². The maximum Gasteiger partial charge on any atom is 0.265 e. The summed E-state index contributed by atoms with van der Waals surface area (Å²) in [6.07, 6.45) is 2.09. The van der Waals surface area contributed by atoms with E-state index in [4.69, 9.17) is 4.74 Å². The smallest absolute Gasteiger partial charge is 0.265 e. The molecule has 2 aromatic rings. The summed E-state index contributed by atoms with van der Waals surface area (Å²) in [7, 11) is 3.35. The van der Waals surface area contributed by atoms with Crippen LogP contribution >= 0.6 is 11.8 Å². The van der Waals surface area contributed by atoms with Crippen molar-refractivity contribution in [3.8, 4) is 5.75 Å². The Kier molecular flexibility index (Phi) is 5.63. The minimum absolute atomic E-state index is 0.168. The first-order chi connectivity index (χ1) is 12.6. The molecule has 0 aliphatic carbocycles. The molecule has 0 saturated carbocycles. The number of rotatable bonds is 5. The van der Waals surface area contributed by atoms with E-state index in [2.05, 4.69) is 5.32 Å². The van der Waals surface area contributed by atoms with Gasteiger partial charge < -0.3 is 15.0 Å². The lowest BCUT2D eigenvalue weighted by atomic mass is 10.1. The maximum absolute atomic E-state index is 12.4. The summed E-state index contributed by atoms with van der Waals surface area (Å²) in [6, 6.07) is 15.4. The number of carbonyl (C=O) groups is 2. The second-order valence-electron chi connectivity index (χ2n) is 5.83. The SMILES string of the molecule is COc1ccc(CCNC(=O)/C=C2/Sc3ccccc3N(C)C2=O)cc1. The number of methoxy groups -OCH3 is 1. The molecule has 0 bridgehead atoms. The molecule has 2 amide bonds. The number of hydrogen-bond acceptors (Lipinski definition) is 4. The first kappa shape index (κ1) is 18.1. The second-order valence-corrected chi connectivity index (χ2v) is 6.92. The standard InChI is InChI=1S/C20H20N2O3S/c1-22-16-5-3-4-6-17(16)26-18(20(22)24)13-19(23)21-12-11-14-7-9-15(25-2)10-8-14/h3-10,13H,11-12H2,1-2H3,(H,21,23)/b18-13+. The highest BCUT2D eigenvalue weighted by molar-refractivity contribution is 8.04. The summed E-state index contributed by atoms with van der Waals surface area (Å²) >= 11 is 1.33. The summed E-state index contributed by atoms with van der Waals surface area (Å²) < 4.78 is 5.12. The molecule has 1 N–H and O–H groups in total. The zero-order valence-electron chi connectivity index (χ0n) is 14.7. The third-order valence-corrected chi connectivity index (χ3v) is 5.17. The molecule has 2 aromatic carbocycles. The van der Waals surface area contributed by atoms with Crippen LogP contribution in [0.4, 0.5) is 5.69 Å². The van der Waals surface area contributed by atoms with Gasteiger partial charge in [-0.1, -0.05) is 36.0 Å². The number of para-hydroxylation sites is 1. The van der Waals surface area contributed by atoms with Gasteiger partial charge in [0.25, 0.3) is 5.91 Å². The van der Waals surface area contributed by atoms with Crippen molar-refractivity contribution < 1.29 is 14.3 Å². The first-order valence-corrected chi connectivity index (χ1v) is 9.07. The van der Waals surface area contributed by atoms with Crippen LogP contribution in [-0.2, 0) is 16.0 Å². The van der Waals surface area contributed by atoms with Crippen LogP contribution in [-0.4, -0.2) is 32.5 Å². The summed E-state index contributed by atoms with van der Waals surface area (Å²) in [5, 5.41) is 2.84. The minimum Gasteiger partial charge on any atom is -0.497 e. The Morgan fingerprint density at radius 2 is 1.92 bits per heavy atom. The summed E-state index contributed by atoms with van der Waals surface area (Å²) in [5.74, 6) is 0.376. The Labute approximate surface area is 157 Å². The van der Waals surface area contributed by atoms with Gasteiger partial charge >= 0.3 is 0 Å². The molecule has 0 spiro atoms. The van der Waals surface area contributed by atoms with Crippen LogP contribution in [0.3, 0.4) is 0 Å². The largest absolute Gasteiger partial charge is 0.497 e. The molecule has 0 radical (unpaired) electrons. The van der Waals surface area contributed by atoms with Gasteiger partial charge in [0.05, 0.1) is 17.7 Å². The number of nitrogens with one attached hydrogen (secondary N) is 1. The number of benzene rings is 2. The number of nitrogens with zero attached hydrogens (tertiary/aromatic N) is 1. The summed E-state index contributed by atoms with van der Waals surface area (Å²) in [6.45, 7) is 0.500. The molecule has 134 valence electrons. The van der Waals surface area contributed by atoms with Gasteiger partial charge in [0.15, 0.2) is 0 Å². The highest BCUT2D eigenvalue weighted by atomic mass is 32.2. The van der Waals surface area contributed by atoms with E-state index in [1.807, 2.05) is 48.5 Å². The van der Waals surface area contributed by atoms with E-state index in [-0.39, 0.29) is 11.8 Å². The van der Waals surface area contributed by atoms with E-state index in [0.29, 0.717) is 17.9 Å². The monoisotopic (exact) mass is 368 g/mol. The molecule has 0 atom stereocenters. The lowest BCUT2D eigenvalue weighted by Crippen LogP contribution is -2.31. The lowest BCUT2D eigenvalue weighted by Gasteiger charge is -2.26. The van der Waals surface area contributed by atoms with Crippen LogP contribution in [0.2, 0.25) is 0 Å². The number of anilines is 1. The Morgan fingerprint density at radius 3 is 2.65 bits per heavy atom. The van der Waals surface area contributed by atoms with Crippen LogP contribution in [0.15, 0.2) is 64.4 Å². The second kappa shape index (κ2) is 8.10. The molecule has 0 saturated heterocycles. The van der Waals surface area contributed by atoms with E-state index in [9.17, 15) is 9.59 Å². The Balaban J connectivity index is 1.59. The number of ether oxygens (including phenoxy) is 1. The summed E-state index contributed by atoms with van der Waals surface area (Å²) in [4.78, 5) is 27.6. The zero-order valence-corrected chi connectivity index (χ0v) is 15.5. The number of hydrogen-bond donors (Lipinski definition) is 1. The molecular formula is C20H20N2O3S. The van der Waals surface area contributed by atoms with E-state index >= 15 is 0 Å². The van der Waals surface area contributed by atoms with Crippen LogP contribution in [0, 0.1) is 0 Å². The molecule has 0 fully saturated rings. The van der Waals surface area contributed by atoms with Gasteiger partial charge in [-0.05, 0) is 36.2 Å². The molecule has 26 heavy (non-hydrogen) atoms. The number of fused-ring (bicyclic) bond motifs is 1. The molecule has 1 aliphatic rings. The van der Waals surface area contributed by atoms with Gasteiger partial charge in [0.2, 0.25) is 5.91 Å². The van der Waals surface area contributed by atoms with Gasteiger partial charge in [-0.3, -0.25) is 9.59 Å². The molecule has 0 aromatic heterocycles. The Hall–Kier alpha value is -2.73. The van der Waals surface area contributed by atoms with Gasteiger partial charge in [-0.15, -0.1) is 0 Å². The molecule has 3 rings (SSSR count).